The molecule has 0 aliphatic heterocycles. The van der Waals surface area contributed by atoms with E-state index in [9.17, 15) is 4.39 Å². The minimum atomic E-state index is -0.238. The predicted octanol–water partition coefficient (Wildman–Crippen LogP) is 3.51. The zero-order valence-electron chi connectivity index (χ0n) is 7.52. The second-order valence-corrected chi connectivity index (χ2v) is 3.56. The summed E-state index contributed by atoms with van der Waals surface area (Å²) in [7, 11) is 0. The average molecular weight is 247 g/mol. The summed E-state index contributed by atoms with van der Waals surface area (Å²) in [5.74, 6) is -0.238. The van der Waals surface area contributed by atoms with Crippen LogP contribution in [0.5, 0.6) is 0 Å². The maximum atomic E-state index is 13.0. The van der Waals surface area contributed by atoms with Crippen LogP contribution in [0.1, 0.15) is 18.9 Å². The molecule has 0 spiro atoms. The molecule has 3 heteroatoms. The Hall–Kier alpha value is -0.410. The third kappa shape index (κ3) is 3.08. The molecule has 0 bridgehead atoms. The maximum absolute atomic E-state index is 13.0. The number of ether oxygens (including phenoxy) is 1. The summed E-state index contributed by atoms with van der Waals surface area (Å²) in [6, 6.07) is 4.96. The summed E-state index contributed by atoms with van der Waals surface area (Å²) in [4.78, 5) is 0. The summed E-state index contributed by atoms with van der Waals surface area (Å²) in [6.45, 7) is 3.22. The van der Waals surface area contributed by atoms with Crippen LogP contribution in [0.4, 0.5) is 4.39 Å². The highest BCUT2D eigenvalue weighted by molar-refractivity contribution is 9.10. The van der Waals surface area contributed by atoms with Crippen molar-refractivity contribution in [2.24, 2.45) is 0 Å². The Bertz CT molecular complexity index is 276. The Kier molecular flexibility index (Phi) is 4.39. The first-order chi connectivity index (χ1) is 6.25. The summed E-state index contributed by atoms with van der Waals surface area (Å²) in [5, 5.41) is 0. The SMILES string of the molecule is CCCOCc1cccc(F)c1Br. The molecular formula is C10H12BrFO. The summed E-state index contributed by atoms with van der Waals surface area (Å²) in [6.07, 6.45) is 0.979. The molecule has 0 aromatic heterocycles. The molecule has 1 aromatic carbocycles. The van der Waals surface area contributed by atoms with Gasteiger partial charge in [0.25, 0.3) is 0 Å². The highest BCUT2D eigenvalue weighted by Gasteiger charge is 2.03. The van der Waals surface area contributed by atoms with Crippen LogP contribution in [-0.4, -0.2) is 6.61 Å². The van der Waals surface area contributed by atoms with E-state index in [4.69, 9.17) is 4.74 Å². The van der Waals surface area contributed by atoms with E-state index in [0.29, 0.717) is 17.7 Å². The van der Waals surface area contributed by atoms with Crippen molar-refractivity contribution in [3.8, 4) is 0 Å². The number of benzene rings is 1. The predicted molar refractivity (Wildman–Crippen MR) is 54.0 cm³/mol. The summed E-state index contributed by atoms with van der Waals surface area (Å²) in [5.41, 5.74) is 0.855. The molecular weight excluding hydrogens is 235 g/mol. The zero-order valence-corrected chi connectivity index (χ0v) is 9.10. The molecule has 0 N–H and O–H groups in total. The minimum absolute atomic E-state index is 0.238. The first kappa shape index (κ1) is 10.7. The topological polar surface area (TPSA) is 9.23 Å². The molecule has 0 saturated carbocycles. The lowest BCUT2D eigenvalue weighted by Gasteiger charge is -2.05. The molecule has 0 unspecified atom stereocenters. The van der Waals surface area contributed by atoms with E-state index in [1.54, 1.807) is 6.07 Å². The van der Waals surface area contributed by atoms with Crippen molar-refractivity contribution in [2.45, 2.75) is 20.0 Å². The third-order valence-corrected chi connectivity index (χ3v) is 2.53. The van der Waals surface area contributed by atoms with Crippen LogP contribution in [0.25, 0.3) is 0 Å². The molecule has 72 valence electrons. The lowest BCUT2D eigenvalue weighted by molar-refractivity contribution is 0.121. The quantitative estimate of drug-likeness (QED) is 0.739. The molecule has 0 amide bonds. The molecule has 0 radical (unpaired) electrons. The zero-order chi connectivity index (χ0) is 9.68. The van der Waals surface area contributed by atoms with Crippen LogP contribution in [-0.2, 0) is 11.3 Å². The van der Waals surface area contributed by atoms with Gasteiger partial charge in [0.2, 0.25) is 0 Å². The Morgan fingerprint density at radius 2 is 2.23 bits per heavy atom. The molecule has 1 rings (SSSR count). The van der Waals surface area contributed by atoms with E-state index >= 15 is 0 Å². The molecule has 1 nitrogen and oxygen atoms in total. The van der Waals surface area contributed by atoms with Gasteiger partial charge >= 0.3 is 0 Å². The Balaban J connectivity index is 2.61. The summed E-state index contributed by atoms with van der Waals surface area (Å²) >= 11 is 3.18. The largest absolute Gasteiger partial charge is 0.377 e. The first-order valence-corrected chi connectivity index (χ1v) is 5.05. The average Bonchev–Trinajstić information content (AvgIpc) is 2.13. The van der Waals surface area contributed by atoms with Gasteiger partial charge in [-0.15, -0.1) is 0 Å². The molecule has 0 fully saturated rings. The van der Waals surface area contributed by atoms with Crippen LogP contribution < -0.4 is 0 Å². The standard InChI is InChI=1S/C10H12BrFO/c1-2-6-13-7-8-4-3-5-9(12)10(8)11/h3-5H,2,6-7H2,1H3. The fourth-order valence-corrected chi connectivity index (χ4v) is 1.37. The van der Waals surface area contributed by atoms with Gasteiger partial charge in [0.1, 0.15) is 5.82 Å². The van der Waals surface area contributed by atoms with Gasteiger partial charge in [-0.3, -0.25) is 0 Å². The molecule has 0 aliphatic rings. The van der Waals surface area contributed by atoms with Crippen molar-refractivity contribution in [2.75, 3.05) is 6.61 Å². The number of hydrogen-bond acceptors (Lipinski definition) is 1. The number of hydrogen-bond donors (Lipinski definition) is 0. The van der Waals surface area contributed by atoms with Gasteiger partial charge in [0, 0.05) is 6.61 Å². The second kappa shape index (κ2) is 5.35. The second-order valence-electron chi connectivity index (χ2n) is 2.77. The normalized spacial score (nSPS) is 10.4. The van der Waals surface area contributed by atoms with Gasteiger partial charge in [-0.25, -0.2) is 4.39 Å². The Labute approximate surface area is 86.0 Å². The van der Waals surface area contributed by atoms with Crippen LogP contribution >= 0.6 is 15.9 Å². The lowest BCUT2D eigenvalue weighted by atomic mass is 10.2. The van der Waals surface area contributed by atoms with Crippen LogP contribution in [0.15, 0.2) is 22.7 Å². The van der Waals surface area contributed by atoms with E-state index in [2.05, 4.69) is 15.9 Å². The van der Waals surface area contributed by atoms with Crippen molar-refractivity contribution >= 4 is 15.9 Å². The van der Waals surface area contributed by atoms with E-state index in [1.807, 2.05) is 13.0 Å². The number of rotatable bonds is 4. The molecule has 0 heterocycles. The molecule has 1 aromatic rings. The number of halogens is 2. The molecule has 0 saturated heterocycles. The molecule has 13 heavy (non-hydrogen) atoms. The molecule has 0 aliphatic carbocycles. The van der Waals surface area contributed by atoms with Gasteiger partial charge in [-0.2, -0.15) is 0 Å². The van der Waals surface area contributed by atoms with E-state index in [-0.39, 0.29) is 5.82 Å². The Morgan fingerprint density at radius 1 is 1.46 bits per heavy atom. The Morgan fingerprint density at radius 3 is 2.92 bits per heavy atom. The third-order valence-electron chi connectivity index (χ3n) is 1.64. The highest BCUT2D eigenvalue weighted by atomic mass is 79.9. The van der Waals surface area contributed by atoms with Crippen LogP contribution in [0, 0.1) is 5.82 Å². The van der Waals surface area contributed by atoms with Gasteiger partial charge < -0.3 is 4.74 Å². The fraction of sp³-hybridized carbons (Fsp3) is 0.400. The smallest absolute Gasteiger partial charge is 0.137 e. The monoisotopic (exact) mass is 246 g/mol. The van der Waals surface area contributed by atoms with E-state index in [0.717, 1.165) is 12.0 Å². The van der Waals surface area contributed by atoms with E-state index in [1.165, 1.54) is 6.07 Å². The van der Waals surface area contributed by atoms with E-state index < -0.39 is 0 Å². The highest BCUT2D eigenvalue weighted by Crippen LogP contribution is 2.20. The van der Waals surface area contributed by atoms with Gasteiger partial charge in [-0.1, -0.05) is 19.1 Å². The lowest BCUT2D eigenvalue weighted by Crippen LogP contribution is -1.96. The maximum Gasteiger partial charge on any atom is 0.137 e. The van der Waals surface area contributed by atoms with Crippen molar-refractivity contribution in [1.29, 1.82) is 0 Å². The fourth-order valence-electron chi connectivity index (χ4n) is 0.986. The molecule has 0 atom stereocenters. The van der Waals surface area contributed by atoms with Crippen molar-refractivity contribution in [3.05, 3.63) is 34.1 Å². The van der Waals surface area contributed by atoms with Crippen LogP contribution in [0.2, 0.25) is 0 Å². The van der Waals surface area contributed by atoms with Gasteiger partial charge in [0.05, 0.1) is 11.1 Å². The van der Waals surface area contributed by atoms with Crippen molar-refractivity contribution < 1.29 is 9.13 Å². The van der Waals surface area contributed by atoms with Crippen LogP contribution in [0.3, 0.4) is 0 Å². The minimum Gasteiger partial charge on any atom is -0.377 e. The van der Waals surface area contributed by atoms with Gasteiger partial charge in [-0.05, 0) is 34.0 Å². The first-order valence-electron chi connectivity index (χ1n) is 4.26. The van der Waals surface area contributed by atoms with Gasteiger partial charge in [0.15, 0.2) is 0 Å². The van der Waals surface area contributed by atoms with Crippen molar-refractivity contribution in [1.82, 2.24) is 0 Å². The van der Waals surface area contributed by atoms with Crippen molar-refractivity contribution in [3.63, 3.8) is 0 Å². The summed E-state index contributed by atoms with van der Waals surface area (Å²) < 4.78 is 18.8.